The van der Waals surface area contributed by atoms with Crippen molar-refractivity contribution in [3.8, 4) is 23.8 Å². The summed E-state index contributed by atoms with van der Waals surface area (Å²) in [6.07, 6.45) is 6.68. The predicted molar refractivity (Wildman–Crippen MR) is 117 cm³/mol. The van der Waals surface area contributed by atoms with Gasteiger partial charge in [-0.25, -0.2) is 5.43 Å². The van der Waals surface area contributed by atoms with E-state index < -0.39 is 0 Å². The van der Waals surface area contributed by atoms with Crippen LogP contribution in [0.2, 0.25) is 5.02 Å². The van der Waals surface area contributed by atoms with Gasteiger partial charge in [-0.1, -0.05) is 23.6 Å². The Balaban J connectivity index is 1.82. The fraction of sp³-hybridized carbons (Fsp3) is 0.227. The number of hydrogen-bond acceptors (Lipinski definition) is 5. The molecule has 0 aromatic heterocycles. The molecule has 0 aliphatic heterocycles. The minimum Gasteiger partial charge on any atom is -0.490 e. The third kappa shape index (κ3) is 7.86. The number of carbonyl (C=O) groups is 2. The predicted octanol–water partition coefficient (Wildman–Crippen LogP) is 3.62. The number of hydrogen-bond donors (Lipinski definition) is 2. The standard InChI is InChI=1S/C22H22ClN3O4/c1-3-12-30-19-9-8-16(13-20(19)29-4-2)15-24-26-22(28)11-10-21(27)25-18-7-5-6-17(23)14-18/h1,5-9,13-15H,4,10-12H2,2H3,(H,25,27)(H,26,28). The smallest absolute Gasteiger partial charge is 0.240 e. The van der Waals surface area contributed by atoms with Crippen LogP contribution in [0.5, 0.6) is 11.5 Å². The zero-order valence-electron chi connectivity index (χ0n) is 16.5. The van der Waals surface area contributed by atoms with Gasteiger partial charge in [0, 0.05) is 23.6 Å². The van der Waals surface area contributed by atoms with Gasteiger partial charge in [0.25, 0.3) is 0 Å². The number of benzene rings is 2. The summed E-state index contributed by atoms with van der Waals surface area (Å²) in [5.41, 5.74) is 3.66. The van der Waals surface area contributed by atoms with Crippen molar-refractivity contribution in [3.05, 3.63) is 53.1 Å². The van der Waals surface area contributed by atoms with Gasteiger partial charge in [-0.2, -0.15) is 5.10 Å². The van der Waals surface area contributed by atoms with Gasteiger partial charge < -0.3 is 14.8 Å². The SMILES string of the molecule is C#CCOc1ccc(C=NNC(=O)CCC(=O)Nc2cccc(Cl)c2)cc1OCC. The van der Waals surface area contributed by atoms with E-state index in [0.29, 0.717) is 34.4 Å². The largest absolute Gasteiger partial charge is 0.490 e. The first kappa shape index (κ1) is 22.8. The lowest BCUT2D eigenvalue weighted by Gasteiger charge is -2.10. The van der Waals surface area contributed by atoms with Crippen LogP contribution in [0.1, 0.15) is 25.3 Å². The van der Waals surface area contributed by atoms with Crippen molar-refractivity contribution in [1.82, 2.24) is 5.43 Å². The Morgan fingerprint density at radius 1 is 1.13 bits per heavy atom. The van der Waals surface area contributed by atoms with Crippen molar-refractivity contribution in [1.29, 1.82) is 0 Å². The van der Waals surface area contributed by atoms with Gasteiger partial charge in [-0.3, -0.25) is 9.59 Å². The summed E-state index contributed by atoms with van der Waals surface area (Å²) in [4.78, 5) is 23.8. The van der Waals surface area contributed by atoms with E-state index in [1.54, 1.807) is 42.5 Å². The number of rotatable bonds is 10. The van der Waals surface area contributed by atoms with E-state index in [0.717, 1.165) is 0 Å². The summed E-state index contributed by atoms with van der Waals surface area (Å²) in [6.45, 7) is 2.45. The van der Waals surface area contributed by atoms with Gasteiger partial charge >= 0.3 is 0 Å². The van der Waals surface area contributed by atoms with Gasteiger partial charge in [0.15, 0.2) is 11.5 Å². The average Bonchev–Trinajstić information content (AvgIpc) is 2.72. The van der Waals surface area contributed by atoms with Crippen molar-refractivity contribution < 1.29 is 19.1 Å². The van der Waals surface area contributed by atoms with Crippen LogP contribution in [0.3, 0.4) is 0 Å². The van der Waals surface area contributed by atoms with Crippen LogP contribution in [0.4, 0.5) is 5.69 Å². The van der Waals surface area contributed by atoms with Crippen LogP contribution in [-0.4, -0.2) is 31.2 Å². The molecule has 0 radical (unpaired) electrons. The molecule has 2 aromatic rings. The molecular formula is C22H22ClN3O4. The Morgan fingerprint density at radius 2 is 1.93 bits per heavy atom. The van der Waals surface area contributed by atoms with Crippen LogP contribution in [-0.2, 0) is 9.59 Å². The van der Waals surface area contributed by atoms with Gasteiger partial charge in [0.1, 0.15) is 6.61 Å². The average molecular weight is 428 g/mol. The minimum atomic E-state index is -0.383. The maximum absolute atomic E-state index is 11.9. The number of anilines is 1. The molecule has 2 N–H and O–H groups in total. The van der Waals surface area contributed by atoms with E-state index in [2.05, 4.69) is 21.8 Å². The fourth-order valence-corrected chi connectivity index (χ4v) is 2.55. The maximum Gasteiger partial charge on any atom is 0.240 e. The monoisotopic (exact) mass is 427 g/mol. The van der Waals surface area contributed by atoms with E-state index in [1.807, 2.05) is 6.92 Å². The highest BCUT2D eigenvalue weighted by Gasteiger charge is 2.08. The molecule has 0 heterocycles. The summed E-state index contributed by atoms with van der Waals surface area (Å²) < 4.78 is 10.9. The van der Waals surface area contributed by atoms with Gasteiger partial charge in [-0.15, -0.1) is 6.42 Å². The Kier molecular flexibility index (Phi) is 9.22. The van der Waals surface area contributed by atoms with Crippen molar-refractivity contribution in [3.63, 3.8) is 0 Å². The highest BCUT2D eigenvalue weighted by Crippen LogP contribution is 2.28. The highest BCUT2D eigenvalue weighted by molar-refractivity contribution is 6.30. The first-order valence-electron chi connectivity index (χ1n) is 9.22. The molecule has 0 atom stereocenters. The maximum atomic E-state index is 11.9. The fourth-order valence-electron chi connectivity index (χ4n) is 2.36. The second-order valence-corrected chi connectivity index (χ2v) is 6.42. The van der Waals surface area contributed by atoms with E-state index in [9.17, 15) is 9.59 Å². The van der Waals surface area contributed by atoms with Crippen molar-refractivity contribution >= 4 is 35.3 Å². The molecule has 0 aliphatic rings. The first-order valence-corrected chi connectivity index (χ1v) is 9.60. The van der Waals surface area contributed by atoms with Crippen LogP contribution >= 0.6 is 11.6 Å². The number of carbonyl (C=O) groups excluding carboxylic acids is 2. The van der Waals surface area contributed by atoms with Crippen LogP contribution in [0, 0.1) is 12.3 Å². The second-order valence-electron chi connectivity index (χ2n) is 5.98. The topological polar surface area (TPSA) is 89.0 Å². The molecule has 0 aliphatic carbocycles. The number of amides is 2. The highest BCUT2D eigenvalue weighted by atomic mass is 35.5. The Hall–Kier alpha value is -3.50. The van der Waals surface area contributed by atoms with Gasteiger partial charge in [0.05, 0.1) is 12.8 Å². The molecule has 8 heteroatoms. The second kappa shape index (κ2) is 12.1. The van der Waals surface area contributed by atoms with Crippen LogP contribution in [0.25, 0.3) is 0 Å². The molecule has 2 rings (SSSR count). The minimum absolute atomic E-state index is 0.00714. The van der Waals surface area contributed by atoms with Crippen molar-refractivity contribution in [2.45, 2.75) is 19.8 Å². The van der Waals surface area contributed by atoms with Crippen LogP contribution in [0.15, 0.2) is 47.6 Å². The number of hydrazone groups is 1. The first-order chi connectivity index (χ1) is 14.5. The Morgan fingerprint density at radius 3 is 2.67 bits per heavy atom. The Labute approximate surface area is 180 Å². The summed E-state index contributed by atoms with van der Waals surface area (Å²) in [5, 5.41) is 7.10. The number of nitrogens with one attached hydrogen (secondary N) is 2. The van der Waals surface area contributed by atoms with E-state index in [-0.39, 0.29) is 31.3 Å². The lowest BCUT2D eigenvalue weighted by atomic mass is 10.2. The molecule has 2 amide bonds. The molecule has 0 bridgehead atoms. The summed E-state index contributed by atoms with van der Waals surface area (Å²) in [5.74, 6) is 2.78. The number of nitrogens with zero attached hydrogens (tertiary/aromatic N) is 1. The van der Waals surface area contributed by atoms with Crippen molar-refractivity contribution in [2.24, 2.45) is 5.10 Å². The third-order valence-electron chi connectivity index (χ3n) is 3.67. The molecule has 2 aromatic carbocycles. The normalized spacial score (nSPS) is 10.3. The lowest BCUT2D eigenvalue weighted by molar-refractivity contribution is -0.124. The zero-order valence-corrected chi connectivity index (χ0v) is 17.2. The van der Waals surface area contributed by atoms with Gasteiger partial charge in [-0.05, 0) is 48.9 Å². The van der Waals surface area contributed by atoms with Gasteiger partial charge in [0.2, 0.25) is 11.8 Å². The van der Waals surface area contributed by atoms with E-state index >= 15 is 0 Å². The molecule has 0 spiro atoms. The summed E-state index contributed by atoms with van der Waals surface area (Å²) in [6, 6.07) is 12.0. The number of terminal acetylenes is 1. The molecule has 0 saturated heterocycles. The molecular weight excluding hydrogens is 406 g/mol. The van der Waals surface area contributed by atoms with Crippen molar-refractivity contribution in [2.75, 3.05) is 18.5 Å². The van der Waals surface area contributed by atoms with Crippen LogP contribution < -0.4 is 20.2 Å². The Bertz CT molecular complexity index is 954. The zero-order chi connectivity index (χ0) is 21.8. The molecule has 156 valence electrons. The lowest BCUT2D eigenvalue weighted by Crippen LogP contribution is -2.20. The molecule has 0 unspecified atom stereocenters. The molecule has 0 fully saturated rings. The third-order valence-corrected chi connectivity index (χ3v) is 3.90. The van der Waals surface area contributed by atoms with E-state index in [4.69, 9.17) is 27.5 Å². The molecule has 0 saturated carbocycles. The number of ether oxygens (including phenoxy) is 2. The molecule has 30 heavy (non-hydrogen) atoms. The summed E-state index contributed by atoms with van der Waals surface area (Å²) in [7, 11) is 0. The number of halogens is 1. The summed E-state index contributed by atoms with van der Waals surface area (Å²) >= 11 is 5.87. The molecule has 7 nitrogen and oxygen atoms in total. The van der Waals surface area contributed by atoms with E-state index in [1.165, 1.54) is 6.21 Å². The quantitative estimate of drug-likeness (QED) is 0.344.